The highest BCUT2D eigenvalue weighted by Crippen LogP contribution is 2.23. The van der Waals surface area contributed by atoms with Crippen molar-refractivity contribution >= 4 is 29.5 Å². The maximum atomic E-state index is 12.3. The third-order valence-corrected chi connectivity index (χ3v) is 3.92. The Morgan fingerprint density at radius 1 is 1.24 bits per heavy atom. The van der Waals surface area contributed by atoms with Crippen LogP contribution in [0.15, 0.2) is 30.3 Å². The Kier molecular flexibility index (Phi) is 5.39. The quantitative estimate of drug-likeness (QED) is 0.850. The maximum absolute atomic E-state index is 12.3. The molecule has 1 aromatic rings. The van der Waals surface area contributed by atoms with Crippen LogP contribution in [0.2, 0.25) is 5.02 Å². The van der Waals surface area contributed by atoms with Crippen LogP contribution in [0.3, 0.4) is 0 Å². The van der Waals surface area contributed by atoms with Gasteiger partial charge in [-0.15, -0.1) is 0 Å². The second-order valence-electron chi connectivity index (χ2n) is 5.26. The number of carbonyl (C=O) groups excluding carboxylic acids is 2. The van der Waals surface area contributed by atoms with E-state index in [-0.39, 0.29) is 18.5 Å². The van der Waals surface area contributed by atoms with Gasteiger partial charge in [-0.05, 0) is 36.6 Å². The van der Waals surface area contributed by atoms with Crippen molar-refractivity contribution in [2.75, 3.05) is 6.54 Å². The minimum absolute atomic E-state index is 0.0194. The van der Waals surface area contributed by atoms with Crippen molar-refractivity contribution in [3.8, 4) is 0 Å². The molecule has 0 heterocycles. The van der Waals surface area contributed by atoms with Gasteiger partial charge >= 0.3 is 0 Å². The van der Waals surface area contributed by atoms with Crippen LogP contribution in [-0.4, -0.2) is 29.3 Å². The van der Waals surface area contributed by atoms with Crippen LogP contribution in [0.25, 0.3) is 6.08 Å². The number of rotatable bonds is 5. The molecule has 4 nitrogen and oxygen atoms in total. The molecule has 0 radical (unpaired) electrons. The third kappa shape index (κ3) is 4.60. The van der Waals surface area contributed by atoms with Crippen LogP contribution in [0, 0.1) is 0 Å². The molecule has 0 aromatic heterocycles. The second kappa shape index (κ2) is 7.27. The minimum atomic E-state index is -0.477. The molecule has 0 saturated heterocycles. The van der Waals surface area contributed by atoms with Gasteiger partial charge in [0.2, 0.25) is 11.8 Å². The van der Waals surface area contributed by atoms with Gasteiger partial charge in [0.25, 0.3) is 0 Å². The SMILES string of the molecule is NC(=O)CN(C(=O)/C=C\c1ccc(Cl)cc1)C1CCCC1. The average Bonchev–Trinajstić information content (AvgIpc) is 2.97. The Labute approximate surface area is 129 Å². The van der Waals surface area contributed by atoms with Crippen molar-refractivity contribution < 1.29 is 9.59 Å². The van der Waals surface area contributed by atoms with Crippen molar-refractivity contribution in [2.24, 2.45) is 5.73 Å². The number of primary amides is 1. The topological polar surface area (TPSA) is 63.4 Å². The van der Waals surface area contributed by atoms with Crippen LogP contribution in [0.5, 0.6) is 0 Å². The van der Waals surface area contributed by atoms with E-state index in [4.69, 9.17) is 17.3 Å². The average molecular weight is 307 g/mol. The fourth-order valence-electron chi connectivity index (χ4n) is 2.61. The lowest BCUT2D eigenvalue weighted by Gasteiger charge is -2.26. The number of hydrogen-bond acceptors (Lipinski definition) is 2. The van der Waals surface area contributed by atoms with Crippen LogP contribution in [0.1, 0.15) is 31.2 Å². The van der Waals surface area contributed by atoms with Gasteiger partial charge in [-0.1, -0.05) is 36.6 Å². The van der Waals surface area contributed by atoms with Gasteiger partial charge in [-0.3, -0.25) is 9.59 Å². The van der Waals surface area contributed by atoms with Crippen LogP contribution < -0.4 is 5.73 Å². The molecule has 0 spiro atoms. The number of halogens is 1. The summed E-state index contributed by atoms with van der Waals surface area (Å²) in [5.41, 5.74) is 6.14. The fraction of sp³-hybridized carbons (Fsp3) is 0.375. The highest BCUT2D eigenvalue weighted by Gasteiger charge is 2.26. The summed E-state index contributed by atoms with van der Waals surface area (Å²) < 4.78 is 0. The lowest BCUT2D eigenvalue weighted by Crippen LogP contribution is -2.43. The Morgan fingerprint density at radius 3 is 2.43 bits per heavy atom. The number of amides is 2. The highest BCUT2D eigenvalue weighted by molar-refractivity contribution is 6.30. The number of benzene rings is 1. The van der Waals surface area contributed by atoms with Crippen molar-refractivity contribution in [1.82, 2.24) is 4.90 Å². The molecule has 2 N–H and O–H groups in total. The van der Waals surface area contributed by atoms with Crippen molar-refractivity contribution in [2.45, 2.75) is 31.7 Å². The van der Waals surface area contributed by atoms with Crippen molar-refractivity contribution in [3.63, 3.8) is 0 Å². The van der Waals surface area contributed by atoms with E-state index in [9.17, 15) is 9.59 Å². The number of nitrogens with two attached hydrogens (primary N) is 1. The molecule has 1 aliphatic rings. The van der Waals surface area contributed by atoms with Gasteiger partial charge in [0.1, 0.15) is 0 Å². The summed E-state index contributed by atoms with van der Waals surface area (Å²) in [6.07, 6.45) is 7.27. The molecule has 112 valence electrons. The van der Waals surface area contributed by atoms with Gasteiger partial charge in [-0.2, -0.15) is 0 Å². The fourth-order valence-corrected chi connectivity index (χ4v) is 2.73. The zero-order valence-corrected chi connectivity index (χ0v) is 12.6. The lowest BCUT2D eigenvalue weighted by atomic mass is 10.1. The standard InChI is InChI=1S/C16H19ClN2O2/c17-13-8-5-12(6-9-13)7-10-16(21)19(11-15(18)20)14-3-1-2-4-14/h5-10,14H,1-4,11H2,(H2,18,20)/b10-7-. The second-order valence-corrected chi connectivity index (χ2v) is 5.69. The van der Waals surface area contributed by atoms with Gasteiger partial charge in [0.05, 0.1) is 6.54 Å². The molecule has 0 aliphatic heterocycles. The zero-order chi connectivity index (χ0) is 15.2. The molecule has 1 fully saturated rings. The predicted octanol–water partition coefficient (Wildman–Crippen LogP) is 2.61. The van der Waals surface area contributed by atoms with Gasteiger partial charge in [0, 0.05) is 17.1 Å². The van der Waals surface area contributed by atoms with Gasteiger partial charge in [-0.25, -0.2) is 0 Å². The molecule has 2 rings (SSSR count). The Hall–Kier alpha value is -1.81. The molecule has 0 atom stereocenters. The van der Waals surface area contributed by atoms with E-state index >= 15 is 0 Å². The van der Waals surface area contributed by atoms with E-state index in [1.54, 1.807) is 23.1 Å². The Bertz CT molecular complexity index is 534. The van der Waals surface area contributed by atoms with Crippen LogP contribution in [0.4, 0.5) is 0 Å². The summed E-state index contributed by atoms with van der Waals surface area (Å²) in [5.74, 6) is -0.647. The van der Waals surface area contributed by atoms with Crippen LogP contribution in [-0.2, 0) is 9.59 Å². The first-order valence-corrected chi connectivity index (χ1v) is 7.46. The minimum Gasteiger partial charge on any atom is -0.368 e. The van der Waals surface area contributed by atoms with E-state index < -0.39 is 5.91 Å². The van der Waals surface area contributed by atoms with E-state index in [1.807, 2.05) is 12.1 Å². The first kappa shape index (κ1) is 15.6. The zero-order valence-electron chi connectivity index (χ0n) is 11.8. The molecule has 0 bridgehead atoms. The molecular formula is C16H19ClN2O2. The van der Waals surface area contributed by atoms with E-state index in [0.29, 0.717) is 5.02 Å². The monoisotopic (exact) mass is 306 g/mol. The summed E-state index contributed by atoms with van der Waals surface area (Å²) in [7, 11) is 0. The number of nitrogens with zero attached hydrogens (tertiary/aromatic N) is 1. The molecule has 0 unspecified atom stereocenters. The number of hydrogen-bond donors (Lipinski definition) is 1. The number of carbonyl (C=O) groups is 2. The smallest absolute Gasteiger partial charge is 0.247 e. The maximum Gasteiger partial charge on any atom is 0.247 e. The third-order valence-electron chi connectivity index (χ3n) is 3.66. The summed E-state index contributed by atoms with van der Waals surface area (Å²) in [6, 6.07) is 7.33. The summed E-state index contributed by atoms with van der Waals surface area (Å²) in [4.78, 5) is 25.1. The first-order chi connectivity index (χ1) is 10.1. The van der Waals surface area contributed by atoms with Crippen molar-refractivity contribution in [3.05, 3.63) is 40.9 Å². The van der Waals surface area contributed by atoms with E-state index in [1.165, 1.54) is 6.08 Å². The molecule has 21 heavy (non-hydrogen) atoms. The van der Waals surface area contributed by atoms with E-state index in [2.05, 4.69) is 0 Å². The molecule has 2 amide bonds. The molecule has 5 heteroatoms. The Balaban J connectivity index is 2.06. The molecule has 1 aliphatic carbocycles. The molecule has 1 saturated carbocycles. The van der Waals surface area contributed by atoms with E-state index in [0.717, 1.165) is 31.2 Å². The van der Waals surface area contributed by atoms with Crippen molar-refractivity contribution in [1.29, 1.82) is 0 Å². The predicted molar refractivity (Wildman–Crippen MR) is 83.6 cm³/mol. The van der Waals surface area contributed by atoms with Gasteiger partial charge in [0.15, 0.2) is 0 Å². The lowest BCUT2D eigenvalue weighted by molar-refractivity contribution is -0.133. The molecular weight excluding hydrogens is 288 g/mol. The normalized spacial score (nSPS) is 15.5. The van der Waals surface area contributed by atoms with Crippen LogP contribution >= 0.6 is 11.6 Å². The largest absolute Gasteiger partial charge is 0.368 e. The highest BCUT2D eigenvalue weighted by atomic mass is 35.5. The first-order valence-electron chi connectivity index (χ1n) is 7.09. The Morgan fingerprint density at radius 2 is 1.86 bits per heavy atom. The molecule has 1 aromatic carbocycles. The van der Waals surface area contributed by atoms with Gasteiger partial charge < -0.3 is 10.6 Å². The summed E-state index contributed by atoms with van der Waals surface area (Å²) in [5, 5.41) is 0.653. The summed E-state index contributed by atoms with van der Waals surface area (Å²) >= 11 is 5.82. The summed E-state index contributed by atoms with van der Waals surface area (Å²) in [6.45, 7) is -0.0194.